The highest BCUT2D eigenvalue weighted by Gasteiger charge is 2.25. The molecule has 3 atom stereocenters. The lowest BCUT2D eigenvalue weighted by molar-refractivity contribution is -0.0801. The Morgan fingerprint density at radius 1 is 1.40 bits per heavy atom. The van der Waals surface area contributed by atoms with Gasteiger partial charge in [0.25, 0.3) is 0 Å². The second kappa shape index (κ2) is 7.18. The predicted octanol–water partition coefficient (Wildman–Crippen LogP) is 1.50. The molecule has 1 aromatic rings. The largest absolute Gasteiger partial charge is 0.394 e. The molecule has 1 aromatic carbocycles. The summed E-state index contributed by atoms with van der Waals surface area (Å²) in [5, 5.41) is 19.5. The third-order valence-electron chi connectivity index (χ3n) is 4.08. The Morgan fingerprint density at radius 3 is 2.85 bits per heavy atom. The molecule has 0 saturated carbocycles. The van der Waals surface area contributed by atoms with Crippen molar-refractivity contribution in [3.05, 3.63) is 35.4 Å². The monoisotopic (exact) mass is 279 g/mol. The van der Waals surface area contributed by atoms with Gasteiger partial charge in [0.1, 0.15) is 0 Å². The SMILES string of the molecule is Cc1ccccc1C(O)CCN1CC(CO)OCC1C. The predicted molar refractivity (Wildman–Crippen MR) is 78.6 cm³/mol. The van der Waals surface area contributed by atoms with E-state index in [4.69, 9.17) is 4.74 Å². The number of ether oxygens (including phenoxy) is 1. The molecule has 0 aromatic heterocycles. The molecule has 2 N–H and O–H groups in total. The van der Waals surface area contributed by atoms with Crippen LogP contribution >= 0.6 is 0 Å². The van der Waals surface area contributed by atoms with Gasteiger partial charge in [-0.2, -0.15) is 0 Å². The van der Waals surface area contributed by atoms with E-state index in [1.54, 1.807) is 0 Å². The number of aryl methyl sites for hydroxylation is 1. The zero-order valence-corrected chi connectivity index (χ0v) is 12.3. The first-order valence-electron chi connectivity index (χ1n) is 7.32. The van der Waals surface area contributed by atoms with Gasteiger partial charge in [0, 0.05) is 19.1 Å². The summed E-state index contributed by atoms with van der Waals surface area (Å²) in [5.74, 6) is 0. The van der Waals surface area contributed by atoms with Gasteiger partial charge in [-0.25, -0.2) is 0 Å². The number of nitrogens with zero attached hydrogens (tertiary/aromatic N) is 1. The highest BCUT2D eigenvalue weighted by molar-refractivity contribution is 5.27. The summed E-state index contributed by atoms with van der Waals surface area (Å²) in [6.45, 7) is 6.40. The summed E-state index contributed by atoms with van der Waals surface area (Å²) < 4.78 is 5.53. The summed E-state index contributed by atoms with van der Waals surface area (Å²) in [4.78, 5) is 2.28. The van der Waals surface area contributed by atoms with Crippen molar-refractivity contribution in [3.8, 4) is 0 Å². The van der Waals surface area contributed by atoms with E-state index in [0.717, 1.165) is 24.2 Å². The molecule has 20 heavy (non-hydrogen) atoms. The third kappa shape index (κ3) is 3.79. The van der Waals surface area contributed by atoms with Gasteiger partial charge in [0.05, 0.1) is 25.4 Å². The Bertz CT molecular complexity index is 424. The molecule has 112 valence electrons. The van der Waals surface area contributed by atoms with Crippen LogP contribution in [-0.4, -0.2) is 53.6 Å². The summed E-state index contributed by atoms with van der Waals surface area (Å²) in [6, 6.07) is 8.30. The van der Waals surface area contributed by atoms with Gasteiger partial charge < -0.3 is 14.9 Å². The van der Waals surface area contributed by atoms with Crippen molar-refractivity contribution in [2.45, 2.75) is 38.5 Å². The van der Waals surface area contributed by atoms with Crippen LogP contribution in [0.2, 0.25) is 0 Å². The van der Waals surface area contributed by atoms with Crippen molar-refractivity contribution in [3.63, 3.8) is 0 Å². The molecular formula is C16H25NO3. The molecule has 0 aliphatic carbocycles. The van der Waals surface area contributed by atoms with Gasteiger partial charge in [0.2, 0.25) is 0 Å². The Kier molecular flexibility index (Phi) is 5.54. The van der Waals surface area contributed by atoms with Crippen molar-refractivity contribution in [1.82, 2.24) is 4.90 Å². The summed E-state index contributed by atoms with van der Waals surface area (Å²) in [5.41, 5.74) is 2.13. The first kappa shape index (κ1) is 15.4. The van der Waals surface area contributed by atoms with E-state index in [9.17, 15) is 10.2 Å². The number of rotatable bonds is 5. The summed E-state index contributed by atoms with van der Waals surface area (Å²) >= 11 is 0. The molecule has 1 saturated heterocycles. The average molecular weight is 279 g/mol. The minimum atomic E-state index is -0.432. The van der Waals surface area contributed by atoms with Gasteiger partial charge in [0.15, 0.2) is 0 Å². The Labute approximate surface area is 121 Å². The van der Waals surface area contributed by atoms with Crippen molar-refractivity contribution in [1.29, 1.82) is 0 Å². The molecule has 0 radical (unpaired) electrons. The molecule has 4 heteroatoms. The van der Waals surface area contributed by atoms with Crippen LogP contribution in [0.1, 0.15) is 30.6 Å². The minimum absolute atomic E-state index is 0.0591. The van der Waals surface area contributed by atoms with E-state index in [-0.39, 0.29) is 12.7 Å². The van der Waals surface area contributed by atoms with E-state index in [1.807, 2.05) is 31.2 Å². The van der Waals surface area contributed by atoms with E-state index in [0.29, 0.717) is 19.1 Å². The minimum Gasteiger partial charge on any atom is -0.394 e. The lowest BCUT2D eigenvalue weighted by Crippen LogP contribution is -2.49. The quantitative estimate of drug-likeness (QED) is 0.857. The zero-order valence-electron chi connectivity index (χ0n) is 12.3. The highest BCUT2D eigenvalue weighted by atomic mass is 16.5. The normalized spacial score (nSPS) is 25.6. The summed E-state index contributed by atoms with van der Waals surface area (Å²) in [7, 11) is 0. The van der Waals surface area contributed by atoms with Crippen LogP contribution in [0.25, 0.3) is 0 Å². The van der Waals surface area contributed by atoms with Crippen LogP contribution in [0.5, 0.6) is 0 Å². The van der Waals surface area contributed by atoms with Crippen LogP contribution in [0.3, 0.4) is 0 Å². The fourth-order valence-corrected chi connectivity index (χ4v) is 2.70. The van der Waals surface area contributed by atoms with Crippen LogP contribution in [0.4, 0.5) is 0 Å². The maximum Gasteiger partial charge on any atom is 0.0933 e. The van der Waals surface area contributed by atoms with Gasteiger partial charge in [-0.1, -0.05) is 24.3 Å². The van der Waals surface area contributed by atoms with Crippen LogP contribution in [0, 0.1) is 6.92 Å². The third-order valence-corrected chi connectivity index (χ3v) is 4.08. The molecule has 3 unspecified atom stereocenters. The van der Waals surface area contributed by atoms with Gasteiger partial charge in [-0.05, 0) is 31.4 Å². The van der Waals surface area contributed by atoms with Gasteiger partial charge in [-0.3, -0.25) is 4.90 Å². The second-order valence-corrected chi connectivity index (χ2v) is 5.64. The Hall–Kier alpha value is -0.940. The number of aliphatic hydroxyl groups is 2. The first-order valence-corrected chi connectivity index (χ1v) is 7.32. The fourth-order valence-electron chi connectivity index (χ4n) is 2.70. The van der Waals surface area contributed by atoms with Crippen molar-refractivity contribution >= 4 is 0 Å². The Balaban J connectivity index is 1.89. The van der Waals surface area contributed by atoms with Crippen LogP contribution < -0.4 is 0 Å². The molecule has 1 heterocycles. The maximum atomic E-state index is 10.3. The van der Waals surface area contributed by atoms with Crippen LogP contribution in [0.15, 0.2) is 24.3 Å². The zero-order chi connectivity index (χ0) is 14.5. The lowest BCUT2D eigenvalue weighted by Gasteiger charge is -2.37. The number of aliphatic hydroxyl groups excluding tert-OH is 2. The van der Waals surface area contributed by atoms with Crippen molar-refractivity contribution < 1.29 is 14.9 Å². The maximum absolute atomic E-state index is 10.3. The van der Waals surface area contributed by atoms with E-state index in [1.165, 1.54) is 0 Å². The molecule has 1 aliphatic heterocycles. The lowest BCUT2D eigenvalue weighted by atomic mass is 10.0. The smallest absolute Gasteiger partial charge is 0.0933 e. The summed E-state index contributed by atoms with van der Waals surface area (Å²) in [6.07, 6.45) is 0.175. The van der Waals surface area contributed by atoms with Gasteiger partial charge >= 0.3 is 0 Å². The Morgan fingerprint density at radius 2 is 2.15 bits per heavy atom. The van der Waals surface area contributed by atoms with Crippen molar-refractivity contribution in [2.75, 3.05) is 26.3 Å². The molecular weight excluding hydrogens is 254 g/mol. The number of hydrogen-bond acceptors (Lipinski definition) is 4. The molecule has 0 spiro atoms. The average Bonchev–Trinajstić information content (AvgIpc) is 2.46. The second-order valence-electron chi connectivity index (χ2n) is 5.64. The number of hydrogen-bond donors (Lipinski definition) is 2. The van der Waals surface area contributed by atoms with Gasteiger partial charge in [-0.15, -0.1) is 0 Å². The van der Waals surface area contributed by atoms with Crippen LogP contribution in [-0.2, 0) is 4.74 Å². The van der Waals surface area contributed by atoms with E-state index < -0.39 is 6.10 Å². The van der Waals surface area contributed by atoms with Crippen molar-refractivity contribution in [2.24, 2.45) is 0 Å². The molecule has 0 amide bonds. The molecule has 0 bridgehead atoms. The molecule has 1 aliphatic rings. The number of morpholine rings is 1. The fraction of sp³-hybridized carbons (Fsp3) is 0.625. The molecule has 4 nitrogen and oxygen atoms in total. The standard InChI is InChI=1S/C16H25NO3/c1-12-5-3-4-6-15(12)16(19)7-8-17-9-14(10-18)20-11-13(17)2/h3-6,13-14,16,18-19H,7-11H2,1-2H3. The molecule has 1 fully saturated rings. The topological polar surface area (TPSA) is 52.9 Å². The van der Waals surface area contributed by atoms with E-state index >= 15 is 0 Å². The first-order chi connectivity index (χ1) is 9.61. The number of benzene rings is 1. The molecule has 2 rings (SSSR count). The highest BCUT2D eigenvalue weighted by Crippen LogP contribution is 2.22. The van der Waals surface area contributed by atoms with E-state index in [2.05, 4.69) is 11.8 Å².